The number of nitrogens with zero attached hydrogens (tertiary/aromatic N) is 1. The number of aromatic nitrogens is 2. The summed E-state index contributed by atoms with van der Waals surface area (Å²) in [5.74, 6) is -1.89. The van der Waals surface area contributed by atoms with Crippen LogP contribution in [0.4, 0.5) is 5.95 Å². The lowest BCUT2D eigenvalue weighted by atomic mass is 10.0. The van der Waals surface area contributed by atoms with Crippen LogP contribution in [0.3, 0.4) is 0 Å². The van der Waals surface area contributed by atoms with Crippen molar-refractivity contribution in [3.63, 3.8) is 0 Å². The van der Waals surface area contributed by atoms with E-state index in [0.29, 0.717) is 12.8 Å². The predicted octanol–water partition coefficient (Wildman–Crippen LogP) is 0.101. The molecule has 1 aromatic heterocycles. The standard InChI is InChI=1S/C10H15N3O4/c1-5(9(16)17)3-2-4-6-7(14)12-10(11)13-8(6)15/h5H,2-4H2,1H3,(H,16,17)(H4,11,12,13,14,15)/t5-/m1/s1. The molecule has 0 unspecified atom stereocenters. The van der Waals surface area contributed by atoms with Gasteiger partial charge in [-0.2, -0.15) is 4.98 Å². The van der Waals surface area contributed by atoms with Crippen LogP contribution in [0, 0.1) is 5.92 Å². The lowest BCUT2D eigenvalue weighted by molar-refractivity contribution is -0.141. The van der Waals surface area contributed by atoms with Gasteiger partial charge in [0.05, 0.1) is 11.5 Å². The van der Waals surface area contributed by atoms with Gasteiger partial charge in [0.25, 0.3) is 5.56 Å². The molecule has 1 aromatic rings. The van der Waals surface area contributed by atoms with Gasteiger partial charge in [-0.15, -0.1) is 0 Å². The Morgan fingerprint density at radius 2 is 2.24 bits per heavy atom. The van der Waals surface area contributed by atoms with Crippen LogP contribution < -0.4 is 11.3 Å². The summed E-state index contributed by atoms with van der Waals surface area (Å²) in [5, 5.41) is 18.1. The summed E-state index contributed by atoms with van der Waals surface area (Å²) in [6.45, 7) is 1.59. The predicted molar refractivity (Wildman–Crippen MR) is 60.7 cm³/mol. The zero-order valence-corrected chi connectivity index (χ0v) is 9.43. The molecule has 0 saturated carbocycles. The Kier molecular flexibility index (Phi) is 4.08. The van der Waals surface area contributed by atoms with Crippen LogP contribution >= 0.6 is 0 Å². The van der Waals surface area contributed by atoms with E-state index in [1.807, 2.05) is 0 Å². The normalized spacial score (nSPS) is 12.3. The maximum absolute atomic E-state index is 11.4. The maximum atomic E-state index is 11.4. The van der Waals surface area contributed by atoms with E-state index < -0.39 is 23.3 Å². The van der Waals surface area contributed by atoms with Crippen molar-refractivity contribution < 1.29 is 15.0 Å². The number of hydrogen-bond acceptors (Lipinski definition) is 5. The summed E-state index contributed by atoms with van der Waals surface area (Å²) in [7, 11) is 0. The largest absolute Gasteiger partial charge is 0.493 e. The maximum Gasteiger partial charge on any atom is 0.306 e. The number of H-pyrrole nitrogens is 1. The van der Waals surface area contributed by atoms with Crippen molar-refractivity contribution in [3.05, 3.63) is 15.9 Å². The third-order valence-electron chi connectivity index (χ3n) is 2.50. The highest BCUT2D eigenvalue weighted by Crippen LogP contribution is 2.14. The zero-order valence-electron chi connectivity index (χ0n) is 9.43. The van der Waals surface area contributed by atoms with Gasteiger partial charge in [0.15, 0.2) is 0 Å². The highest BCUT2D eigenvalue weighted by Gasteiger charge is 2.13. The van der Waals surface area contributed by atoms with Gasteiger partial charge in [0, 0.05) is 0 Å². The molecule has 1 rings (SSSR count). The summed E-state index contributed by atoms with van der Waals surface area (Å²) in [4.78, 5) is 27.8. The molecule has 0 aliphatic heterocycles. The number of rotatable bonds is 5. The quantitative estimate of drug-likeness (QED) is 0.578. The monoisotopic (exact) mass is 241 g/mol. The summed E-state index contributed by atoms with van der Waals surface area (Å²) in [6.07, 6.45) is 1.18. The number of aromatic amines is 1. The van der Waals surface area contributed by atoms with E-state index in [2.05, 4.69) is 9.97 Å². The molecule has 1 atom stereocenters. The van der Waals surface area contributed by atoms with Crippen LogP contribution in [0.5, 0.6) is 5.88 Å². The number of nitrogens with two attached hydrogens (primary N) is 1. The molecule has 5 N–H and O–H groups in total. The van der Waals surface area contributed by atoms with Gasteiger partial charge in [-0.3, -0.25) is 14.6 Å². The van der Waals surface area contributed by atoms with Crippen LogP contribution in [0.15, 0.2) is 4.79 Å². The smallest absolute Gasteiger partial charge is 0.306 e. The van der Waals surface area contributed by atoms with Gasteiger partial charge < -0.3 is 15.9 Å². The van der Waals surface area contributed by atoms with E-state index in [1.54, 1.807) is 6.92 Å². The number of nitrogens with one attached hydrogen (secondary N) is 1. The van der Waals surface area contributed by atoms with Crippen molar-refractivity contribution >= 4 is 11.9 Å². The number of aliphatic carboxylic acids is 1. The Labute approximate surface area is 97.3 Å². The molecule has 0 saturated heterocycles. The van der Waals surface area contributed by atoms with Gasteiger partial charge in [-0.25, -0.2) is 0 Å². The highest BCUT2D eigenvalue weighted by atomic mass is 16.4. The summed E-state index contributed by atoms with van der Waals surface area (Å²) >= 11 is 0. The Morgan fingerprint density at radius 3 is 2.76 bits per heavy atom. The fourth-order valence-electron chi connectivity index (χ4n) is 1.44. The SMILES string of the molecule is C[C@H](CCCc1c(O)nc(N)[nH]c1=O)C(=O)O. The third kappa shape index (κ3) is 3.47. The van der Waals surface area contributed by atoms with E-state index in [9.17, 15) is 14.7 Å². The summed E-state index contributed by atoms with van der Waals surface area (Å²) in [6, 6.07) is 0. The van der Waals surface area contributed by atoms with Crippen molar-refractivity contribution in [1.82, 2.24) is 9.97 Å². The molecule has 0 amide bonds. The fraction of sp³-hybridized carbons (Fsp3) is 0.500. The van der Waals surface area contributed by atoms with Crippen LogP contribution in [0.1, 0.15) is 25.3 Å². The Morgan fingerprint density at radius 1 is 1.59 bits per heavy atom. The van der Waals surface area contributed by atoms with Gasteiger partial charge in [0.1, 0.15) is 0 Å². The molecular weight excluding hydrogens is 226 g/mol. The van der Waals surface area contributed by atoms with Gasteiger partial charge in [0.2, 0.25) is 11.8 Å². The van der Waals surface area contributed by atoms with E-state index in [-0.39, 0.29) is 17.9 Å². The van der Waals surface area contributed by atoms with Crippen molar-refractivity contribution in [3.8, 4) is 5.88 Å². The number of carboxylic acids is 1. The average Bonchev–Trinajstić information content (AvgIpc) is 2.21. The van der Waals surface area contributed by atoms with Crippen LogP contribution in [-0.4, -0.2) is 26.2 Å². The Bertz CT molecular complexity index is 469. The number of nitrogen functional groups attached to an aromatic ring is 1. The van der Waals surface area contributed by atoms with Crippen molar-refractivity contribution in [2.45, 2.75) is 26.2 Å². The van der Waals surface area contributed by atoms with E-state index in [4.69, 9.17) is 10.8 Å². The number of aromatic hydroxyl groups is 1. The van der Waals surface area contributed by atoms with Gasteiger partial charge in [-0.1, -0.05) is 6.92 Å². The van der Waals surface area contributed by atoms with Gasteiger partial charge >= 0.3 is 5.97 Å². The molecule has 0 radical (unpaired) electrons. The first-order valence-electron chi connectivity index (χ1n) is 5.22. The van der Waals surface area contributed by atoms with Crippen molar-refractivity contribution in [2.24, 2.45) is 5.92 Å². The first-order valence-corrected chi connectivity index (χ1v) is 5.22. The minimum absolute atomic E-state index is 0.136. The third-order valence-corrected chi connectivity index (χ3v) is 2.50. The molecule has 0 aromatic carbocycles. The zero-order chi connectivity index (χ0) is 13.0. The van der Waals surface area contributed by atoms with Crippen molar-refractivity contribution in [2.75, 3.05) is 5.73 Å². The second-order valence-corrected chi connectivity index (χ2v) is 3.88. The number of carboxylic acid groups (broad SMARTS) is 1. The topological polar surface area (TPSA) is 129 Å². The lowest BCUT2D eigenvalue weighted by Crippen LogP contribution is -2.17. The number of carbonyl (C=O) groups is 1. The molecule has 7 nitrogen and oxygen atoms in total. The summed E-state index contributed by atoms with van der Waals surface area (Å²) < 4.78 is 0. The van der Waals surface area contributed by atoms with Crippen LogP contribution in [-0.2, 0) is 11.2 Å². The molecule has 17 heavy (non-hydrogen) atoms. The minimum atomic E-state index is -0.876. The fourth-order valence-corrected chi connectivity index (χ4v) is 1.44. The highest BCUT2D eigenvalue weighted by molar-refractivity contribution is 5.69. The lowest BCUT2D eigenvalue weighted by Gasteiger charge is -2.06. The van der Waals surface area contributed by atoms with Crippen LogP contribution in [0.2, 0.25) is 0 Å². The first kappa shape index (κ1) is 13.0. The van der Waals surface area contributed by atoms with E-state index >= 15 is 0 Å². The van der Waals surface area contributed by atoms with Crippen LogP contribution in [0.25, 0.3) is 0 Å². The van der Waals surface area contributed by atoms with Gasteiger partial charge in [-0.05, 0) is 19.3 Å². The molecule has 0 fully saturated rings. The average molecular weight is 241 g/mol. The summed E-state index contributed by atoms with van der Waals surface area (Å²) in [5.41, 5.74) is 4.89. The second-order valence-electron chi connectivity index (χ2n) is 3.88. The van der Waals surface area contributed by atoms with E-state index in [0.717, 1.165) is 0 Å². The number of anilines is 1. The second kappa shape index (κ2) is 5.33. The van der Waals surface area contributed by atoms with Crippen molar-refractivity contribution in [1.29, 1.82) is 0 Å². The molecular formula is C10H15N3O4. The first-order chi connectivity index (χ1) is 7.91. The minimum Gasteiger partial charge on any atom is -0.493 e. The Balaban J connectivity index is 2.64. The molecule has 1 heterocycles. The molecule has 0 aliphatic rings. The number of hydrogen-bond donors (Lipinski definition) is 4. The molecule has 94 valence electrons. The Hall–Kier alpha value is -2.05. The molecule has 0 bridgehead atoms. The molecule has 0 aliphatic carbocycles. The van der Waals surface area contributed by atoms with E-state index in [1.165, 1.54) is 0 Å². The molecule has 7 heteroatoms. The molecule has 0 spiro atoms.